The normalized spacial score (nSPS) is 11.7. The van der Waals surface area contributed by atoms with E-state index in [4.69, 9.17) is 28.4 Å². The van der Waals surface area contributed by atoms with Crippen LogP contribution in [0.25, 0.3) is 0 Å². The smallest absolute Gasteiger partial charge is 0.243 e. The summed E-state index contributed by atoms with van der Waals surface area (Å²) >= 11 is 0. The quantitative estimate of drug-likeness (QED) is 0.0960. The highest BCUT2D eigenvalue weighted by Crippen LogP contribution is 2.05. The third kappa shape index (κ3) is 29.0. The van der Waals surface area contributed by atoms with Crippen molar-refractivity contribution in [2.75, 3.05) is 106 Å². The molecular formula is C22H46N2O10S. The van der Waals surface area contributed by atoms with Crippen LogP contribution < -0.4 is 10.2 Å². The second kappa shape index (κ2) is 23.3. The number of amides is 1. The first-order valence-electron chi connectivity index (χ1n) is 11.4. The van der Waals surface area contributed by atoms with E-state index in [0.717, 1.165) is 45.5 Å². The molecule has 0 aromatic rings. The molecule has 0 bridgehead atoms. The van der Waals surface area contributed by atoms with E-state index in [1.54, 1.807) is 21.3 Å². The molecule has 0 aliphatic carbocycles. The zero-order valence-corrected chi connectivity index (χ0v) is 22.8. The molecule has 0 saturated heterocycles. The summed E-state index contributed by atoms with van der Waals surface area (Å²) in [5.41, 5.74) is -1.06. The number of carbonyl (C=O) groups is 1. The zero-order chi connectivity index (χ0) is 27.0. The van der Waals surface area contributed by atoms with Gasteiger partial charge in [-0.25, -0.2) is 8.42 Å². The van der Waals surface area contributed by atoms with E-state index >= 15 is 0 Å². The van der Waals surface area contributed by atoms with Crippen molar-refractivity contribution in [2.45, 2.75) is 19.4 Å². The number of methoxy groups -OCH3 is 3. The Bertz CT molecular complexity index is 584. The van der Waals surface area contributed by atoms with Crippen molar-refractivity contribution in [1.82, 2.24) is 5.32 Å². The molecule has 0 heterocycles. The average Bonchev–Trinajstić information content (AvgIpc) is 2.76. The van der Waals surface area contributed by atoms with E-state index in [0.29, 0.717) is 39.6 Å². The first kappa shape index (κ1) is 36.0. The van der Waals surface area contributed by atoms with Crippen LogP contribution >= 0.6 is 0 Å². The second-order valence-corrected chi connectivity index (χ2v) is 9.50. The topological polar surface area (TPSA) is 146 Å². The second-order valence-electron chi connectivity index (χ2n) is 8.09. The summed E-state index contributed by atoms with van der Waals surface area (Å²) < 4.78 is 62.6. The highest BCUT2D eigenvalue weighted by atomic mass is 32.2. The summed E-state index contributed by atoms with van der Waals surface area (Å²) in [6.45, 7) is 14.9. The number of carbonyl (C=O) groups excluding carboxylic acids is 1. The first-order chi connectivity index (χ1) is 16.5. The van der Waals surface area contributed by atoms with Gasteiger partial charge in [-0.15, -0.1) is 0 Å². The highest BCUT2D eigenvalue weighted by Gasteiger charge is 2.22. The van der Waals surface area contributed by atoms with Gasteiger partial charge in [0.2, 0.25) is 5.91 Å². The lowest BCUT2D eigenvalue weighted by molar-refractivity contribution is -0.901. The molecule has 0 saturated carbocycles. The van der Waals surface area contributed by atoms with Crippen LogP contribution in [0.2, 0.25) is 0 Å². The number of hydrogen-bond acceptors (Lipinski definition) is 10. The third-order valence-corrected chi connectivity index (χ3v) is 5.36. The molecule has 0 atom stereocenters. The molecule has 13 heteroatoms. The van der Waals surface area contributed by atoms with Crippen LogP contribution in [0, 0.1) is 0 Å². The number of nitrogens with one attached hydrogen (secondary N) is 2. The summed E-state index contributed by atoms with van der Waals surface area (Å²) in [7, 11) is 0.694. The maximum atomic E-state index is 10.8. The molecule has 0 aliphatic rings. The molecule has 0 rings (SSSR count). The van der Waals surface area contributed by atoms with Crippen molar-refractivity contribution in [3.63, 3.8) is 0 Å². The Balaban J connectivity index is 0. The van der Waals surface area contributed by atoms with E-state index in [9.17, 15) is 17.8 Å². The molecule has 35 heavy (non-hydrogen) atoms. The Morgan fingerprint density at radius 1 is 0.829 bits per heavy atom. The van der Waals surface area contributed by atoms with Gasteiger partial charge in [-0.3, -0.25) is 4.79 Å². The SMILES string of the molecule is C=CC(=O)NC(C)(C)CS(=O)(=O)[O-].COCCOCC[NH+](CCOCCOC)CCOCCOC. The highest BCUT2D eigenvalue weighted by molar-refractivity contribution is 7.85. The van der Waals surface area contributed by atoms with Crippen molar-refractivity contribution in [2.24, 2.45) is 0 Å². The van der Waals surface area contributed by atoms with Gasteiger partial charge in [0.05, 0.1) is 75.3 Å². The van der Waals surface area contributed by atoms with Gasteiger partial charge in [-0.05, 0) is 19.9 Å². The van der Waals surface area contributed by atoms with E-state index < -0.39 is 27.3 Å². The largest absolute Gasteiger partial charge is 0.748 e. The minimum Gasteiger partial charge on any atom is -0.748 e. The van der Waals surface area contributed by atoms with Crippen LogP contribution in [0.3, 0.4) is 0 Å². The van der Waals surface area contributed by atoms with Crippen molar-refractivity contribution in [1.29, 1.82) is 0 Å². The zero-order valence-electron chi connectivity index (χ0n) is 22.0. The Morgan fingerprint density at radius 2 is 1.20 bits per heavy atom. The minimum absolute atomic E-state index is 0.506. The molecule has 0 unspecified atom stereocenters. The van der Waals surface area contributed by atoms with Gasteiger partial charge in [-0.1, -0.05) is 6.58 Å². The summed E-state index contributed by atoms with van der Waals surface area (Å²) in [5, 5.41) is 2.33. The van der Waals surface area contributed by atoms with Crippen LogP contribution in [0.5, 0.6) is 0 Å². The fourth-order valence-electron chi connectivity index (χ4n) is 2.62. The van der Waals surface area contributed by atoms with Crippen LogP contribution in [-0.2, 0) is 43.3 Å². The van der Waals surface area contributed by atoms with Crippen LogP contribution in [0.1, 0.15) is 13.8 Å². The Morgan fingerprint density at radius 3 is 1.49 bits per heavy atom. The molecule has 0 fully saturated rings. The lowest BCUT2D eigenvalue weighted by atomic mass is 10.1. The predicted molar refractivity (Wildman–Crippen MR) is 131 cm³/mol. The van der Waals surface area contributed by atoms with Crippen molar-refractivity contribution >= 4 is 16.0 Å². The average molecular weight is 531 g/mol. The summed E-state index contributed by atoms with van der Waals surface area (Å²) in [5.74, 6) is -1.15. The first-order valence-corrected chi connectivity index (χ1v) is 13.0. The van der Waals surface area contributed by atoms with Gasteiger partial charge in [0, 0.05) is 26.9 Å². The van der Waals surface area contributed by atoms with Crippen LogP contribution in [0.15, 0.2) is 12.7 Å². The van der Waals surface area contributed by atoms with E-state index in [2.05, 4.69) is 11.9 Å². The van der Waals surface area contributed by atoms with Gasteiger partial charge < -0.3 is 43.2 Å². The lowest BCUT2D eigenvalue weighted by Crippen LogP contribution is -3.13. The van der Waals surface area contributed by atoms with Crippen LogP contribution in [0.4, 0.5) is 0 Å². The molecule has 0 aromatic carbocycles. The fraction of sp³-hybridized carbons (Fsp3) is 0.864. The minimum atomic E-state index is -4.33. The lowest BCUT2D eigenvalue weighted by Gasteiger charge is -2.26. The molecule has 0 spiro atoms. The van der Waals surface area contributed by atoms with Crippen LogP contribution in [-0.4, -0.2) is 131 Å². The monoisotopic (exact) mass is 530 g/mol. The van der Waals surface area contributed by atoms with E-state index in [-0.39, 0.29) is 0 Å². The number of rotatable bonds is 22. The van der Waals surface area contributed by atoms with Gasteiger partial charge in [0.15, 0.2) is 0 Å². The standard InChI is InChI=1S/C15H33NO6.C7H13NO4S/c1-17-10-13-20-7-4-16(5-8-21-14-11-18-2)6-9-22-15-12-19-3;1-4-6(9)8-7(2,3)5-13(10,11)12/h4-15H2,1-3H3;4H,1,5H2,2-3H3,(H,8,9)(H,10,11,12). The van der Waals surface area contributed by atoms with Crippen molar-refractivity contribution < 1.29 is 51.1 Å². The molecule has 2 N–H and O–H groups in total. The van der Waals surface area contributed by atoms with Crippen molar-refractivity contribution in [3.8, 4) is 0 Å². The fourth-order valence-corrected chi connectivity index (χ4v) is 3.58. The number of quaternary nitrogens is 1. The van der Waals surface area contributed by atoms with E-state index in [1.165, 1.54) is 18.7 Å². The summed E-state index contributed by atoms with van der Waals surface area (Å²) in [4.78, 5) is 12.2. The molecule has 210 valence electrons. The Labute approximate surface area is 211 Å². The summed E-state index contributed by atoms with van der Waals surface area (Å²) in [6.07, 6.45) is 1.01. The molecular weight excluding hydrogens is 484 g/mol. The number of ether oxygens (including phenoxy) is 6. The predicted octanol–water partition coefficient (Wildman–Crippen LogP) is -1.53. The Kier molecular flexibility index (Phi) is 23.9. The maximum Gasteiger partial charge on any atom is 0.243 e. The molecule has 0 aliphatic heterocycles. The van der Waals surface area contributed by atoms with Gasteiger partial charge >= 0.3 is 0 Å². The maximum absolute atomic E-state index is 10.8. The molecule has 1 amide bonds. The molecule has 0 aromatic heterocycles. The van der Waals surface area contributed by atoms with Gasteiger partial charge in [-0.2, -0.15) is 0 Å². The van der Waals surface area contributed by atoms with Gasteiger partial charge in [0.25, 0.3) is 0 Å². The molecule has 0 radical (unpaired) electrons. The van der Waals surface area contributed by atoms with E-state index in [1.807, 2.05) is 0 Å². The number of hydrogen-bond donors (Lipinski definition) is 2. The third-order valence-electron chi connectivity index (χ3n) is 4.28. The van der Waals surface area contributed by atoms with Gasteiger partial charge in [0.1, 0.15) is 19.6 Å². The molecule has 12 nitrogen and oxygen atoms in total. The Hall–Kier alpha value is -1.16. The van der Waals surface area contributed by atoms with Crippen molar-refractivity contribution in [3.05, 3.63) is 12.7 Å². The summed E-state index contributed by atoms with van der Waals surface area (Å²) in [6, 6.07) is 0.